The lowest BCUT2D eigenvalue weighted by atomic mass is 10.1. The molecule has 1 fully saturated rings. The zero-order valence-electron chi connectivity index (χ0n) is 16.9. The van der Waals surface area contributed by atoms with Crippen molar-refractivity contribution in [3.05, 3.63) is 6.33 Å². The molecule has 0 saturated carbocycles. The number of fused-ring (bicyclic) bond motifs is 1. The quantitative estimate of drug-likeness (QED) is 0.403. The third-order valence-corrected chi connectivity index (χ3v) is 5.29. The Morgan fingerprint density at radius 3 is 2.59 bits per heavy atom. The average molecular weight is 409 g/mol. The number of nitrogens with zero attached hydrogens (tertiary/aromatic N) is 4. The topological polar surface area (TPSA) is 155 Å². The smallest absolute Gasteiger partial charge is 0.224 e. The number of nitrogen functional groups attached to an aromatic ring is 2. The SMILES string of the molecule is CCCCCCCCCO[C@H]1C(n2cnc3c(N)nc(N)nc32)O[C@H](CO)[C@H]1O. The van der Waals surface area contributed by atoms with Crippen LogP contribution in [0.3, 0.4) is 0 Å². The fourth-order valence-electron chi connectivity index (χ4n) is 3.69. The molecular weight excluding hydrogens is 376 g/mol. The molecule has 1 aliphatic heterocycles. The Bertz CT molecular complexity index is 785. The maximum absolute atomic E-state index is 10.6. The van der Waals surface area contributed by atoms with E-state index in [1.54, 1.807) is 4.57 Å². The number of hydrogen-bond donors (Lipinski definition) is 4. The summed E-state index contributed by atoms with van der Waals surface area (Å²) in [6.07, 6.45) is 6.60. The van der Waals surface area contributed by atoms with Gasteiger partial charge < -0.3 is 31.2 Å². The second-order valence-electron chi connectivity index (χ2n) is 7.49. The normalized spacial score (nSPS) is 24.5. The lowest BCUT2D eigenvalue weighted by Gasteiger charge is -2.22. The molecule has 6 N–H and O–H groups in total. The zero-order chi connectivity index (χ0) is 20.8. The highest BCUT2D eigenvalue weighted by atomic mass is 16.6. The summed E-state index contributed by atoms with van der Waals surface area (Å²) in [5.41, 5.74) is 12.4. The van der Waals surface area contributed by atoms with Crippen LogP contribution in [0.15, 0.2) is 6.33 Å². The summed E-state index contributed by atoms with van der Waals surface area (Å²) in [7, 11) is 0. The van der Waals surface area contributed by atoms with Gasteiger partial charge in [-0.3, -0.25) is 4.57 Å². The van der Waals surface area contributed by atoms with E-state index in [1.807, 2.05) is 0 Å². The average Bonchev–Trinajstić information content (AvgIpc) is 3.25. The first-order valence-corrected chi connectivity index (χ1v) is 10.4. The highest BCUT2D eigenvalue weighted by Crippen LogP contribution is 2.34. The van der Waals surface area contributed by atoms with Crippen LogP contribution in [0.1, 0.15) is 58.1 Å². The molecule has 4 atom stereocenters. The second-order valence-corrected chi connectivity index (χ2v) is 7.49. The number of unbranched alkanes of at least 4 members (excludes halogenated alkanes) is 6. The van der Waals surface area contributed by atoms with E-state index in [4.69, 9.17) is 20.9 Å². The van der Waals surface area contributed by atoms with Crippen LogP contribution in [0.5, 0.6) is 0 Å². The van der Waals surface area contributed by atoms with Crippen molar-refractivity contribution in [3.63, 3.8) is 0 Å². The molecule has 1 saturated heterocycles. The van der Waals surface area contributed by atoms with Crippen LogP contribution in [0.2, 0.25) is 0 Å². The number of aliphatic hydroxyl groups is 2. The zero-order valence-corrected chi connectivity index (χ0v) is 16.9. The first kappa shape index (κ1) is 21.7. The number of rotatable bonds is 11. The summed E-state index contributed by atoms with van der Waals surface area (Å²) in [6.45, 7) is 2.39. The van der Waals surface area contributed by atoms with Crippen LogP contribution in [-0.2, 0) is 9.47 Å². The number of ether oxygens (including phenoxy) is 2. The third kappa shape index (κ3) is 4.95. The van der Waals surface area contributed by atoms with Crippen molar-refractivity contribution in [2.75, 3.05) is 24.7 Å². The van der Waals surface area contributed by atoms with Gasteiger partial charge in [0.15, 0.2) is 17.7 Å². The summed E-state index contributed by atoms with van der Waals surface area (Å²) >= 11 is 0. The summed E-state index contributed by atoms with van der Waals surface area (Å²) in [4.78, 5) is 12.4. The Labute approximate surface area is 170 Å². The largest absolute Gasteiger partial charge is 0.394 e. The lowest BCUT2D eigenvalue weighted by Crippen LogP contribution is -2.35. The maximum atomic E-state index is 10.6. The molecule has 0 aromatic carbocycles. The molecule has 1 unspecified atom stereocenters. The minimum absolute atomic E-state index is 0.0227. The number of imidazole rings is 1. The number of aliphatic hydroxyl groups excluding tert-OH is 2. The van der Waals surface area contributed by atoms with Gasteiger partial charge in [-0.25, -0.2) is 4.98 Å². The van der Waals surface area contributed by atoms with Gasteiger partial charge in [-0.1, -0.05) is 45.4 Å². The lowest BCUT2D eigenvalue weighted by molar-refractivity contribution is -0.0711. The van der Waals surface area contributed by atoms with Crippen molar-refractivity contribution in [1.82, 2.24) is 19.5 Å². The van der Waals surface area contributed by atoms with Crippen LogP contribution in [-0.4, -0.2) is 61.3 Å². The molecule has 2 aromatic heterocycles. The van der Waals surface area contributed by atoms with Crippen molar-refractivity contribution in [2.45, 2.75) is 76.4 Å². The molecule has 3 heterocycles. The minimum Gasteiger partial charge on any atom is -0.394 e. The Morgan fingerprint density at radius 1 is 1.14 bits per heavy atom. The monoisotopic (exact) mass is 408 g/mol. The van der Waals surface area contributed by atoms with E-state index in [9.17, 15) is 10.2 Å². The fraction of sp³-hybridized carbons (Fsp3) is 0.737. The number of hydrogen-bond acceptors (Lipinski definition) is 9. The third-order valence-electron chi connectivity index (χ3n) is 5.29. The molecule has 0 amide bonds. The van der Waals surface area contributed by atoms with E-state index in [1.165, 1.54) is 38.4 Å². The molecule has 3 rings (SSSR count). The molecule has 29 heavy (non-hydrogen) atoms. The predicted molar refractivity (Wildman–Crippen MR) is 109 cm³/mol. The van der Waals surface area contributed by atoms with Gasteiger partial charge in [0.25, 0.3) is 0 Å². The molecule has 10 nitrogen and oxygen atoms in total. The fourth-order valence-corrected chi connectivity index (χ4v) is 3.69. The van der Waals surface area contributed by atoms with Gasteiger partial charge in [-0.2, -0.15) is 9.97 Å². The van der Waals surface area contributed by atoms with Gasteiger partial charge in [0.05, 0.1) is 12.9 Å². The summed E-state index contributed by atoms with van der Waals surface area (Å²) in [5.74, 6) is 0.193. The molecule has 1 aliphatic rings. The van der Waals surface area contributed by atoms with Crippen LogP contribution >= 0.6 is 0 Å². The summed E-state index contributed by atoms with van der Waals surface area (Å²) < 4.78 is 13.4. The Hall–Kier alpha value is -2.01. The van der Waals surface area contributed by atoms with E-state index < -0.39 is 24.5 Å². The molecule has 10 heteroatoms. The van der Waals surface area contributed by atoms with Crippen molar-refractivity contribution < 1.29 is 19.7 Å². The summed E-state index contributed by atoms with van der Waals surface area (Å²) in [6, 6.07) is 0. The van der Waals surface area contributed by atoms with Gasteiger partial charge in [0.2, 0.25) is 5.95 Å². The standard InChI is InChI=1S/C19H32N6O4/c1-2-3-4-5-6-7-8-9-28-15-14(27)12(10-26)29-18(15)25-11-22-13-16(20)23-19(21)24-17(13)25/h11-12,14-15,18,26-27H,2-10H2,1H3,(H4,20,21,23,24)/t12-,14-,15-,18?/m1/s1. The Balaban J connectivity index is 1.65. The van der Waals surface area contributed by atoms with Crippen molar-refractivity contribution >= 4 is 22.9 Å². The van der Waals surface area contributed by atoms with Gasteiger partial charge in [0, 0.05) is 6.61 Å². The van der Waals surface area contributed by atoms with Crippen molar-refractivity contribution in [3.8, 4) is 0 Å². The number of nitrogens with two attached hydrogens (primary N) is 2. The summed E-state index contributed by atoms with van der Waals surface area (Å²) in [5, 5.41) is 20.1. The van der Waals surface area contributed by atoms with Crippen molar-refractivity contribution in [2.24, 2.45) is 0 Å². The van der Waals surface area contributed by atoms with E-state index in [0.717, 1.165) is 12.8 Å². The van der Waals surface area contributed by atoms with E-state index in [0.29, 0.717) is 17.8 Å². The van der Waals surface area contributed by atoms with Gasteiger partial charge in [-0.05, 0) is 6.42 Å². The molecule has 162 valence electrons. The molecule has 2 aromatic rings. The Morgan fingerprint density at radius 2 is 1.86 bits per heavy atom. The molecule has 0 bridgehead atoms. The van der Waals surface area contributed by atoms with Crippen LogP contribution in [0.4, 0.5) is 11.8 Å². The van der Waals surface area contributed by atoms with E-state index in [2.05, 4.69) is 21.9 Å². The highest BCUT2D eigenvalue weighted by molar-refractivity contribution is 5.82. The minimum atomic E-state index is -0.969. The number of anilines is 2. The molecule has 0 radical (unpaired) electrons. The van der Waals surface area contributed by atoms with Crippen molar-refractivity contribution in [1.29, 1.82) is 0 Å². The van der Waals surface area contributed by atoms with Crippen LogP contribution < -0.4 is 11.5 Å². The molecule has 0 spiro atoms. The van der Waals surface area contributed by atoms with Crippen LogP contribution in [0, 0.1) is 0 Å². The van der Waals surface area contributed by atoms with Gasteiger partial charge in [0.1, 0.15) is 23.8 Å². The van der Waals surface area contributed by atoms with E-state index >= 15 is 0 Å². The van der Waals surface area contributed by atoms with Crippen LogP contribution in [0.25, 0.3) is 11.2 Å². The predicted octanol–water partition coefficient (Wildman–Crippen LogP) is 1.38. The van der Waals surface area contributed by atoms with Gasteiger partial charge >= 0.3 is 0 Å². The molecule has 0 aliphatic carbocycles. The number of aromatic nitrogens is 4. The molecular formula is C19H32N6O4. The van der Waals surface area contributed by atoms with Gasteiger partial charge in [-0.15, -0.1) is 0 Å². The first-order chi connectivity index (χ1) is 14.1. The second kappa shape index (κ2) is 10.1. The first-order valence-electron chi connectivity index (χ1n) is 10.4. The van der Waals surface area contributed by atoms with E-state index in [-0.39, 0.29) is 18.4 Å². The maximum Gasteiger partial charge on any atom is 0.224 e. The highest BCUT2D eigenvalue weighted by Gasteiger charge is 2.45. The Kier molecular flexibility index (Phi) is 7.59.